The summed E-state index contributed by atoms with van der Waals surface area (Å²) in [6, 6.07) is 66.5. The highest BCUT2D eigenvalue weighted by Crippen LogP contribution is 2.44. The van der Waals surface area contributed by atoms with E-state index in [9.17, 15) is 0 Å². The topological polar surface area (TPSA) is 9.23 Å². The number of fused-ring (bicyclic) bond motifs is 1. The Morgan fingerprint density at radius 3 is 1.52 bits per heavy atom. The zero-order valence-corrected chi connectivity index (χ0v) is 24.5. The Morgan fingerprint density at radius 2 is 0.909 bits per heavy atom. The molecule has 1 nitrogen and oxygen atoms in total. The molecule has 44 heavy (non-hydrogen) atoms. The van der Waals surface area contributed by atoms with Crippen molar-refractivity contribution in [3.05, 3.63) is 227 Å². The lowest BCUT2D eigenvalue weighted by atomic mass is 9.68. The minimum absolute atomic E-state index is 0.420. The molecule has 0 N–H and O–H groups in total. The minimum Gasteiger partial charge on any atom is -0.492 e. The molecule has 7 aromatic rings. The predicted molar refractivity (Wildman–Crippen MR) is 182 cm³/mol. The van der Waals surface area contributed by atoms with E-state index in [-0.39, 0.29) is 0 Å². The molecule has 0 spiro atoms. The number of hydrogen-bond donors (Lipinski definition) is 0. The van der Waals surface area contributed by atoms with Gasteiger partial charge in [-0.05, 0) is 44.7 Å². The van der Waals surface area contributed by atoms with E-state index in [4.69, 9.17) is 4.74 Å². The summed E-state index contributed by atoms with van der Waals surface area (Å²) in [5.41, 5.74) is 6.41. The number of ether oxygens (including phenoxy) is 1. The lowest BCUT2D eigenvalue weighted by Crippen LogP contribution is -2.36. The van der Waals surface area contributed by atoms with Crippen LogP contribution in [0.15, 0.2) is 188 Å². The molecule has 0 atom stereocenters. The van der Waals surface area contributed by atoms with Gasteiger partial charge >= 0.3 is 0 Å². The molecule has 211 valence electrons. The van der Waals surface area contributed by atoms with Crippen molar-refractivity contribution in [2.75, 3.05) is 6.61 Å². The Kier molecular flexibility index (Phi) is 7.76. The van der Waals surface area contributed by atoms with Crippen LogP contribution >= 0.6 is 0 Å². The molecule has 0 aliphatic carbocycles. The summed E-state index contributed by atoms with van der Waals surface area (Å²) in [4.78, 5) is 0. The summed E-state index contributed by atoms with van der Waals surface area (Å²) in [7, 11) is 0. The molecule has 0 aliphatic rings. The van der Waals surface area contributed by atoms with Crippen LogP contribution in [0.2, 0.25) is 0 Å². The number of hydrogen-bond acceptors (Lipinski definition) is 1. The molecule has 0 aromatic heterocycles. The molecule has 0 saturated carbocycles. The molecule has 1 heteroatoms. The second-order valence-electron chi connectivity index (χ2n) is 11.1. The molecular weight excluding hydrogens is 532 g/mol. The first-order valence-corrected chi connectivity index (χ1v) is 15.1. The van der Waals surface area contributed by atoms with E-state index in [1.54, 1.807) is 0 Å². The molecule has 7 aromatic carbocycles. The van der Waals surface area contributed by atoms with Crippen molar-refractivity contribution in [2.45, 2.75) is 5.41 Å². The van der Waals surface area contributed by atoms with Crippen LogP contribution in [0, 0.1) is 5.92 Å². The van der Waals surface area contributed by atoms with Crippen LogP contribution in [-0.2, 0) is 5.41 Å². The molecule has 1 radical (unpaired) electrons. The van der Waals surface area contributed by atoms with Gasteiger partial charge in [-0.2, -0.15) is 0 Å². The van der Waals surface area contributed by atoms with Gasteiger partial charge in [0.1, 0.15) is 12.4 Å². The molecule has 7 rings (SSSR count). The Labute approximate surface area is 260 Å². The van der Waals surface area contributed by atoms with Crippen molar-refractivity contribution >= 4 is 10.8 Å². The highest BCUT2D eigenvalue weighted by molar-refractivity contribution is 5.88. The lowest BCUT2D eigenvalue weighted by Gasteiger charge is -2.37. The SMILES string of the molecule is c1ccc([C](c2ccccc2)c2ccccc2OCC(c2ccccc2)(c2ccccc2)c2cccc3ccccc23)cc1. The van der Waals surface area contributed by atoms with E-state index in [0.717, 1.165) is 28.4 Å². The molecule has 0 unspecified atom stereocenters. The van der Waals surface area contributed by atoms with E-state index in [2.05, 4.69) is 188 Å². The van der Waals surface area contributed by atoms with Crippen LogP contribution in [-0.4, -0.2) is 6.61 Å². The van der Waals surface area contributed by atoms with Crippen molar-refractivity contribution in [2.24, 2.45) is 0 Å². The maximum atomic E-state index is 7.12. The molecule has 0 bridgehead atoms. The largest absolute Gasteiger partial charge is 0.492 e. The maximum absolute atomic E-state index is 7.12. The number of para-hydroxylation sites is 1. The predicted octanol–water partition coefficient (Wildman–Crippen LogP) is 10.3. The zero-order chi connectivity index (χ0) is 29.6. The van der Waals surface area contributed by atoms with Crippen LogP contribution in [0.25, 0.3) is 10.8 Å². The Hall–Kier alpha value is -5.40. The Balaban J connectivity index is 1.42. The molecule has 0 amide bonds. The van der Waals surface area contributed by atoms with Gasteiger partial charge in [0.05, 0.1) is 11.3 Å². The van der Waals surface area contributed by atoms with E-state index in [1.807, 2.05) is 0 Å². The van der Waals surface area contributed by atoms with E-state index in [0.29, 0.717) is 6.61 Å². The summed E-state index contributed by atoms with van der Waals surface area (Å²) in [5, 5.41) is 2.44. The first kappa shape index (κ1) is 27.4. The van der Waals surface area contributed by atoms with Crippen molar-refractivity contribution in [3.8, 4) is 5.75 Å². The van der Waals surface area contributed by atoms with E-state index < -0.39 is 5.41 Å². The molecule has 0 heterocycles. The first-order valence-electron chi connectivity index (χ1n) is 15.1. The smallest absolute Gasteiger partial charge is 0.123 e. The van der Waals surface area contributed by atoms with Crippen molar-refractivity contribution in [1.29, 1.82) is 0 Å². The fourth-order valence-corrected chi connectivity index (χ4v) is 6.44. The third kappa shape index (κ3) is 5.18. The van der Waals surface area contributed by atoms with Gasteiger partial charge < -0.3 is 4.74 Å². The van der Waals surface area contributed by atoms with Crippen molar-refractivity contribution < 1.29 is 4.74 Å². The molecule has 0 fully saturated rings. The second kappa shape index (κ2) is 12.5. The normalized spacial score (nSPS) is 11.5. The number of rotatable bonds is 9. The van der Waals surface area contributed by atoms with Gasteiger partial charge in [-0.3, -0.25) is 0 Å². The Morgan fingerprint density at radius 1 is 0.432 bits per heavy atom. The summed E-state index contributed by atoms with van der Waals surface area (Å²) in [6.07, 6.45) is 0. The van der Waals surface area contributed by atoms with Gasteiger partial charge in [0.2, 0.25) is 0 Å². The standard InChI is InChI=1S/C43H33O/c1-5-19-34(20-6-1)42(35-21-7-2-8-22-35)39-29-15-16-31-41(39)44-32-43(36-24-9-3-10-25-36,37-26-11-4-12-27-37)40-30-17-23-33-18-13-14-28-38(33)40/h1-31H,32H2. The monoisotopic (exact) mass is 565 g/mol. The van der Waals surface area contributed by atoms with Crippen LogP contribution in [0.3, 0.4) is 0 Å². The summed E-state index contributed by atoms with van der Waals surface area (Å²) in [5.74, 6) is 2.00. The highest BCUT2D eigenvalue weighted by Gasteiger charge is 2.39. The summed E-state index contributed by atoms with van der Waals surface area (Å²) < 4.78 is 7.12. The first-order chi connectivity index (χ1) is 21.8. The van der Waals surface area contributed by atoms with Gasteiger partial charge in [0.15, 0.2) is 0 Å². The van der Waals surface area contributed by atoms with Crippen LogP contribution in [0.4, 0.5) is 0 Å². The third-order valence-corrected chi connectivity index (χ3v) is 8.51. The fourth-order valence-electron chi connectivity index (χ4n) is 6.44. The summed E-state index contributed by atoms with van der Waals surface area (Å²) >= 11 is 0. The highest BCUT2D eigenvalue weighted by atomic mass is 16.5. The van der Waals surface area contributed by atoms with Crippen molar-refractivity contribution in [1.82, 2.24) is 0 Å². The van der Waals surface area contributed by atoms with Gasteiger partial charge in [0.25, 0.3) is 0 Å². The zero-order valence-electron chi connectivity index (χ0n) is 24.5. The van der Waals surface area contributed by atoms with E-state index >= 15 is 0 Å². The van der Waals surface area contributed by atoms with Gasteiger partial charge in [-0.15, -0.1) is 0 Å². The lowest BCUT2D eigenvalue weighted by molar-refractivity contribution is 0.265. The van der Waals surface area contributed by atoms with E-state index in [1.165, 1.54) is 27.5 Å². The number of benzene rings is 7. The van der Waals surface area contributed by atoms with Gasteiger partial charge in [-0.1, -0.05) is 182 Å². The third-order valence-electron chi connectivity index (χ3n) is 8.51. The molecule has 0 aliphatic heterocycles. The van der Waals surface area contributed by atoms with Crippen molar-refractivity contribution in [3.63, 3.8) is 0 Å². The van der Waals surface area contributed by atoms with Gasteiger partial charge in [-0.25, -0.2) is 0 Å². The quantitative estimate of drug-likeness (QED) is 0.158. The Bertz CT molecular complexity index is 1860. The molecular formula is C43H33O. The summed E-state index contributed by atoms with van der Waals surface area (Å²) in [6.45, 7) is 0.420. The second-order valence-corrected chi connectivity index (χ2v) is 11.1. The van der Waals surface area contributed by atoms with Gasteiger partial charge in [0, 0.05) is 5.56 Å². The molecule has 0 saturated heterocycles. The minimum atomic E-state index is -0.573. The average molecular weight is 566 g/mol. The fraction of sp³-hybridized carbons (Fsp3) is 0.0465. The maximum Gasteiger partial charge on any atom is 0.123 e. The average Bonchev–Trinajstić information content (AvgIpc) is 3.11. The van der Waals surface area contributed by atoms with Crippen LogP contribution in [0.1, 0.15) is 33.4 Å². The van der Waals surface area contributed by atoms with Crippen LogP contribution < -0.4 is 4.74 Å². The van der Waals surface area contributed by atoms with Crippen LogP contribution in [0.5, 0.6) is 5.75 Å².